The zero-order valence-corrected chi connectivity index (χ0v) is 17.6. The molecule has 2 aromatic carbocycles. The van der Waals surface area contributed by atoms with Gasteiger partial charge in [-0.25, -0.2) is 4.79 Å². The number of nitrogens with one attached hydrogen (secondary N) is 1. The summed E-state index contributed by atoms with van der Waals surface area (Å²) >= 11 is 1.27. The predicted molar refractivity (Wildman–Crippen MR) is 117 cm³/mol. The van der Waals surface area contributed by atoms with Gasteiger partial charge in [0.1, 0.15) is 22.3 Å². The van der Waals surface area contributed by atoms with Gasteiger partial charge in [-0.1, -0.05) is 24.3 Å². The van der Waals surface area contributed by atoms with Crippen LogP contribution in [0.3, 0.4) is 0 Å². The van der Waals surface area contributed by atoms with Gasteiger partial charge in [0.05, 0.1) is 19.9 Å². The van der Waals surface area contributed by atoms with Gasteiger partial charge in [-0.3, -0.25) is 4.79 Å². The first-order valence-electron chi connectivity index (χ1n) is 9.05. The number of methoxy groups -OCH3 is 2. The van der Waals surface area contributed by atoms with E-state index in [2.05, 4.69) is 5.32 Å². The number of nitriles is 1. The molecule has 1 amide bonds. The lowest BCUT2D eigenvalue weighted by atomic mass is 10.1. The Labute approximate surface area is 183 Å². The molecule has 7 nitrogen and oxygen atoms in total. The second-order valence-electron chi connectivity index (χ2n) is 6.10. The van der Waals surface area contributed by atoms with Crippen molar-refractivity contribution in [2.45, 2.75) is 0 Å². The van der Waals surface area contributed by atoms with Gasteiger partial charge >= 0.3 is 5.97 Å². The number of thiophene rings is 1. The lowest BCUT2D eigenvalue weighted by Crippen LogP contribution is -2.14. The topological polar surface area (TPSA) is 97.6 Å². The van der Waals surface area contributed by atoms with Crippen LogP contribution in [0.1, 0.15) is 15.2 Å². The molecule has 156 valence electrons. The van der Waals surface area contributed by atoms with Crippen LogP contribution in [-0.4, -0.2) is 26.1 Å². The van der Waals surface area contributed by atoms with Crippen molar-refractivity contribution in [1.82, 2.24) is 0 Å². The zero-order chi connectivity index (χ0) is 22.2. The number of ether oxygens (including phenoxy) is 3. The van der Waals surface area contributed by atoms with E-state index in [0.717, 1.165) is 0 Å². The summed E-state index contributed by atoms with van der Waals surface area (Å²) in [5, 5.41) is 13.9. The monoisotopic (exact) mass is 434 g/mol. The molecule has 0 unspecified atom stereocenters. The first-order valence-corrected chi connectivity index (χ1v) is 9.93. The van der Waals surface area contributed by atoms with Gasteiger partial charge in [0.2, 0.25) is 0 Å². The van der Waals surface area contributed by atoms with E-state index in [9.17, 15) is 14.9 Å². The summed E-state index contributed by atoms with van der Waals surface area (Å²) < 4.78 is 15.9. The van der Waals surface area contributed by atoms with Crippen molar-refractivity contribution in [3.63, 3.8) is 0 Å². The Kier molecular flexibility index (Phi) is 7.04. The number of nitrogens with zero attached hydrogens (tertiary/aromatic N) is 1. The van der Waals surface area contributed by atoms with E-state index in [-0.39, 0.29) is 11.3 Å². The number of esters is 1. The third-order valence-corrected chi connectivity index (χ3v) is 4.99. The lowest BCUT2D eigenvalue weighted by molar-refractivity contribution is -0.112. The first-order chi connectivity index (χ1) is 15.0. The molecule has 0 radical (unpaired) electrons. The molecule has 0 saturated carbocycles. The molecule has 1 N–H and O–H groups in total. The Bertz CT molecular complexity index is 1160. The average molecular weight is 434 g/mol. The summed E-state index contributed by atoms with van der Waals surface area (Å²) in [6, 6.07) is 16.9. The van der Waals surface area contributed by atoms with Crippen molar-refractivity contribution in [1.29, 1.82) is 5.26 Å². The highest BCUT2D eigenvalue weighted by atomic mass is 32.1. The molecule has 0 bridgehead atoms. The quantitative estimate of drug-likeness (QED) is 0.254. The molecule has 3 rings (SSSR count). The number of hydrogen-bond acceptors (Lipinski definition) is 7. The number of anilines is 1. The largest absolute Gasteiger partial charge is 0.495 e. The number of carbonyl (C=O) groups is 2. The summed E-state index contributed by atoms with van der Waals surface area (Å²) in [6.45, 7) is 0. The first kappa shape index (κ1) is 21.6. The van der Waals surface area contributed by atoms with Crippen LogP contribution < -0.4 is 19.5 Å². The van der Waals surface area contributed by atoms with E-state index >= 15 is 0 Å². The van der Waals surface area contributed by atoms with Crippen molar-refractivity contribution in [3.05, 3.63) is 76.0 Å². The van der Waals surface area contributed by atoms with Crippen molar-refractivity contribution in [2.75, 3.05) is 19.5 Å². The fourth-order valence-corrected chi connectivity index (χ4v) is 3.25. The highest BCUT2D eigenvalue weighted by Gasteiger charge is 2.15. The van der Waals surface area contributed by atoms with E-state index in [1.165, 1.54) is 31.6 Å². The fourth-order valence-electron chi connectivity index (χ4n) is 2.66. The Balaban J connectivity index is 1.81. The molecule has 31 heavy (non-hydrogen) atoms. The molecule has 8 heteroatoms. The minimum absolute atomic E-state index is 0.115. The van der Waals surface area contributed by atoms with Crippen molar-refractivity contribution in [3.8, 4) is 23.3 Å². The van der Waals surface area contributed by atoms with Gasteiger partial charge in [-0.2, -0.15) is 5.26 Å². The van der Waals surface area contributed by atoms with Crippen LogP contribution in [0.5, 0.6) is 17.2 Å². The summed E-state index contributed by atoms with van der Waals surface area (Å²) in [5.41, 5.74) is 0.861. The highest BCUT2D eigenvalue weighted by molar-refractivity contribution is 7.12. The molecule has 0 spiro atoms. The number of hydrogen-bond donors (Lipinski definition) is 1. The van der Waals surface area contributed by atoms with Gasteiger partial charge in [0.25, 0.3) is 5.91 Å². The van der Waals surface area contributed by atoms with Crippen molar-refractivity contribution < 1.29 is 23.8 Å². The summed E-state index contributed by atoms with van der Waals surface area (Å²) in [6.07, 6.45) is 1.41. The van der Waals surface area contributed by atoms with Crippen LogP contribution in [0.4, 0.5) is 5.69 Å². The maximum absolute atomic E-state index is 12.6. The van der Waals surface area contributed by atoms with Crippen LogP contribution in [0.25, 0.3) is 6.08 Å². The minimum Gasteiger partial charge on any atom is -0.495 e. The van der Waals surface area contributed by atoms with Gasteiger partial charge in [-0.05, 0) is 47.4 Å². The standard InChI is InChI=1S/C23H18N2O5S/c1-28-18-7-4-3-6-17(18)25-22(26)16(14-24)12-15-9-10-19(20(13-15)29-2)30-23(27)21-8-5-11-31-21/h3-13H,1-2H3,(H,25,26)/b16-12+. The van der Waals surface area contributed by atoms with E-state index in [1.807, 2.05) is 6.07 Å². The van der Waals surface area contributed by atoms with Gasteiger partial charge in [0, 0.05) is 0 Å². The van der Waals surface area contributed by atoms with Crippen LogP contribution >= 0.6 is 11.3 Å². The van der Waals surface area contributed by atoms with Crippen molar-refractivity contribution in [2.24, 2.45) is 0 Å². The molecule has 0 aliphatic heterocycles. The second kappa shape index (κ2) is 10.1. The summed E-state index contributed by atoms with van der Waals surface area (Å²) in [7, 11) is 2.93. The molecule has 0 saturated heterocycles. The van der Waals surface area contributed by atoms with Gasteiger partial charge in [-0.15, -0.1) is 11.3 Å². The SMILES string of the molecule is COc1ccccc1NC(=O)/C(C#N)=C/c1ccc(OC(=O)c2cccs2)c(OC)c1. The smallest absolute Gasteiger partial charge is 0.353 e. The van der Waals surface area contributed by atoms with E-state index < -0.39 is 11.9 Å². The molecular weight excluding hydrogens is 416 g/mol. The van der Waals surface area contributed by atoms with E-state index in [0.29, 0.717) is 27.6 Å². The lowest BCUT2D eigenvalue weighted by Gasteiger charge is -2.10. The Morgan fingerprint density at radius 1 is 1.00 bits per heavy atom. The van der Waals surface area contributed by atoms with E-state index in [1.54, 1.807) is 60.0 Å². The fraction of sp³-hybridized carbons (Fsp3) is 0.0870. The Morgan fingerprint density at radius 2 is 1.77 bits per heavy atom. The molecule has 0 aliphatic rings. The third kappa shape index (κ3) is 5.29. The predicted octanol–water partition coefficient (Wildman–Crippen LogP) is 4.53. The highest BCUT2D eigenvalue weighted by Crippen LogP contribution is 2.30. The molecule has 0 fully saturated rings. The summed E-state index contributed by atoms with van der Waals surface area (Å²) in [5.74, 6) is -0.0764. The molecule has 3 aromatic rings. The number of benzene rings is 2. The van der Waals surface area contributed by atoms with Gasteiger partial charge < -0.3 is 19.5 Å². The second-order valence-corrected chi connectivity index (χ2v) is 7.05. The van der Waals surface area contributed by atoms with Crippen LogP contribution in [0.15, 0.2) is 65.6 Å². The zero-order valence-electron chi connectivity index (χ0n) is 16.7. The number of carbonyl (C=O) groups excluding carboxylic acids is 2. The number of rotatable bonds is 7. The molecule has 1 heterocycles. The molecular formula is C23H18N2O5S. The van der Waals surface area contributed by atoms with Crippen LogP contribution in [0.2, 0.25) is 0 Å². The summed E-state index contributed by atoms with van der Waals surface area (Å²) in [4.78, 5) is 25.2. The van der Waals surface area contributed by atoms with E-state index in [4.69, 9.17) is 14.2 Å². The molecule has 1 aromatic heterocycles. The van der Waals surface area contributed by atoms with Gasteiger partial charge in [0.15, 0.2) is 11.5 Å². The number of amides is 1. The number of para-hydroxylation sites is 2. The normalized spacial score (nSPS) is 10.7. The Hall–Kier alpha value is -4.09. The molecule has 0 aliphatic carbocycles. The van der Waals surface area contributed by atoms with Crippen molar-refractivity contribution >= 4 is 35.0 Å². The third-order valence-electron chi connectivity index (χ3n) is 4.14. The Morgan fingerprint density at radius 3 is 2.45 bits per heavy atom. The molecule has 0 atom stereocenters. The average Bonchev–Trinajstić information content (AvgIpc) is 3.33. The minimum atomic E-state index is -0.584. The van der Waals surface area contributed by atoms with Crippen LogP contribution in [0, 0.1) is 11.3 Å². The maximum Gasteiger partial charge on any atom is 0.353 e. The van der Waals surface area contributed by atoms with Crippen LogP contribution in [-0.2, 0) is 4.79 Å². The maximum atomic E-state index is 12.6.